The van der Waals surface area contributed by atoms with Crippen LogP contribution in [0.2, 0.25) is 0 Å². The first-order valence-electron chi connectivity index (χ1n) is 7.80. The van der Waals surface area contributed by atoms with Crippen molar-refractivity contribution < 1.29 is 18.9 Å². The largest absolute Gasteiger partial charge is 0.497 e. The van der Waals surface area contributed by atoms with Crippen LogP contribution in [-0.2, 0) is 6.42 Å². The van der Waals surface area contributed by atoms with E-state index in [0.717, 1.165) is 17.7 Å². The molecule has 2 rings (SSSR count). The molecule has 0 amide bonds. The molecule has 0 fully saturated rings. The SMILES string of the molecule is COc1ccc(CC(CN)c2ccc(OC)c(OC)c2OC)cc1. The van der Waals surface area contributed by atoms with E-state index in [9.17, 15) is 0 Å². The summed E-state index contributed by atoms with van der Waals surface area (Å²) in [5, 5.41) is 0. The van der Waals surface area contributed by atoms with E-state index in [0.29, 0.717) is 23.8 Å². The molecule has 0 aliphatic heterocycles. The van der Waals surface area contributed by atoms with Gasteiger partial charge in [0.05, 0.1) is 28.4 Å². The number of benzene rings is 2. The number of methoxy groups -OCH3 is 4. The number of ether oxygens (including phenoxy) is 4. The fraction of sp³-hybridized carbons (Fsp3) is 0.368. The van der Waals surface area contributed by atoms with Gasteiger partial charge in [-0.3, -0.25) is 0 Å². The van der Waals surface area contributed by atoms with Crippen molar-refractivity contribution in [2.75, 3.05) is 35.0 Å². The van der Waals surface area contributed by atoms with Gasteiger partial charge in [0.1, 0.15) is 5.75 Å². The molecule has 1 unspecified atom stereocenters. The van der Waals surface area contributed by atoms with Crippen molar-refractivity contribution in [3.63, 3.8) is 0 Å². The van der Waals surface area contributed by atoms with Crippen LogP contribution in [0.1, 0.15) is 17.0 Å². The van der Waals surface area contributed by atoms with Crippen LogP contribution in [0.4, 0.5) is 0 Å². The second-order valence-electron chi connectivity index (χ2n) is 5.41. The van der Waals surface area contributed by atoms with Gasteiger partial charge in [0, 0.05) is 11.5 Å². The number of hydrogen-bond donors (Lipinski definition) is 1. The molecule has 0 saturated carbocycles. The van der Waals surface area contributed by atoms with Crippen LogP contribution in [0.3, 0.4) is 0 Å². The fourth-order valence-electron chi connectivity index (χ4n) is 2.81. The van der Waals surface area contributed by atoms with E-state index >= 15 is 0 Å². The second kappa shape index (κ2) is 8.45. The lowest BCUT2D eigenvalue weighted by atomic mass is 9.91. The summed E-state index contributed by atoms with van der Waals surface area (Å²) in [6.07, 6.45) is 0.798. The summed E-state index contributed by atoms with van der Waals surface area (Å²) in [6, 6.07) is 11.9. The Kier molecular flexibility index (Phi) is 6.32. The smallest absolute Gasteiger partial charge is 0.203 e. The minimum atomic E-state index is 0.105. The number of nitrogens with two attached hydrogens (primary N) is 1. The molecular formula is C19H25NO4. The molecule has 0 aromatic heterocycles. The molecular weight excluding hydrogens is 306 g/mol. The zero-order chi connectivity index (χ0) is 17.5. The molecule has 0 aliphatic rings. The molecule has 2 N–H and O–H groups in total. The third-order valence-electron chi connectivity index (χ3n) is 4.10. The second-order valence-corrected chi connectivity index (χ2v) is 5.41. The quantitative estimate of drug-likeness (QED) is 0.805. The van der Waals surface area contributed by atoms with Crippen molar-refractivity contribution in [3.05, 3.63) is 47.5 Å². The Morgan fingerprint density at radius 1 is 0.792 bits per heavy atom. The zero-order valence-corrected chi connectivity index (χ0v) is 14.7. The van der Waals surface area contributed by atoms with E-state index in [-0.39, 0.29) is 5.92 Å². The van der Waals surface area contributed by atoms with Gasteiger partial charge in [-0.2, -0.15) is 0 Å². The summed E-state index contributed by atoms with van der Waals surface area (Å²) >= 11 is 0. The molecule has 5 heteroatoms. The summed E-state index contributed by atoms with van der Waals surface area (Å²) in [4.78, 5) is 0. The van der Waals surface area contributed by atoms with Crippen LogP contribution < -0.4 is 24.7 Å². The van der Waals surface area contributed by atoms with Gasteiger partial charge in [-0.25, -0.2) is 0 Å². The lowest BCUT2D eigenvalue weighted by Gasteiger charge is -2.21. The van der Waals surface area contributed by atoms with E-state index in [1.165, 1.54) is 5.56 Å². The first-order chi connectivity index (χ1) is 11.7. The Hall–Kier alpha value is -2.40. The van der Waals surface area contributed by atoms with E-state index in [1.807, 2.05) is 24.3 Å². The molecule has 24 heavy (non-hydrogen) atoms. The molecule has 130 valence electrons. The van der Waals surface area contributed by atoms with Crippen LogP contribution >= 0.6 is 0 Å². The van der Waals surface area contributed by atoms with Gasteiger partial charge in [-0.05, 0) is 36.7 Å². The summed E-state index contributed by atoms with van der Waals surface area (Å²) in [7, 11) is 6.49. The molecule has 5 nitrogen and oxygen atoms in total. The van der Waals surface area contributed by atoms with Crippen LogP contribution in [0.25, 0.3) is 0 Å². The third kappa shape index (κ3) is 3.74. The van der Waals surface area contributed by atoms with Gasteiger partial charge in [0.15, 0.2) is 11.5 Å². The minimum absolute atomic E-state index is 0.105. The number of rotatable bonds is 8. The van der Waals surface area contributed by atoms with Crippen LogP contribution in [0, 0.1) is 0 Å². The van der Waals surface area contributed by atoms with Crippen LogP contribution in [-0.4, -0.2) is 35.0 Å². The summed E-state index contributed by atoms with van der Waals surface area (Å²) in [6.45, 7) is 0.498. The average Bonchev–Trinajstić information content (AvgIpc) is 2.65. The van der Waals surface area contributed by atoms with Gasteiger partial charge in [-0.1, -0.05) is 18.2 Å². The molecule has 2 aromatic carbocycles. The van der Waals surface area contributed by atoms with Crippen molar-refractivity contribution in [2.24, 2.45) is 5.73 Å². The first-order valence-corrected chi connectivity index (χ1v) is 7.80. The lowest BCUT2D eigenvalue weighted by Crippen LogP contribution is -2.16. The normalized spacial score (nSPS) is 11.7. The summed E-state index contributed by atoms with van der Waals surface area (Å²) in [5.41, 5.74) is 8.23. The Morgan fingerprint density at radius 3 is 1.96 bits per heavy atom. The van der Waals surface area contributed by atoms with E-state index in [2.05, 4.69) is 12.1 Å². The van der Waals surface area contributed by atoms with Gasteiger partial charge in [-0.15, -0.1) is 0 Å². The van der Waals surface area contributed by atoms with Crippen LogP contribution in [0.5, 0.6) is 23.0 Å². The van der Waals surface area contributed by atoms with Gasteiger partial charge in [0.2, 0.25) is 5.75 Å². The highest BCUT2D eigenvalue weighted by Crippen LogP contribution is 2.43. The Labute approximate surface area is 143 Å². The third-order valence-corrected chi connectivity index (χ3v) is 4.10. The first kappa shape index (κ1) is 17.9. The van der Waals surface area contributed by atoms with Crippen molar-refractivity contribution >= 4 is 0 Å². The van der Waals surface area contributed by atoms with Crippen molar-refractivity contribution in [1.29, 1.82) is 0 Å². The van der Waals surface area contributed by atoms with Crippen molar-refractivity contribution in [3.8, 4) is 23.0 Å². The highest BCUT2D eigenvalue weighted by molar-refractivity contribution is 5.57. The van der Waals surface area contributed by atoms with E-state index in [1.54, 1.807) is 28.4 Å². The van der Waals surface area contributed by atoms with Gasteiger partial charge >= 0.3 is 0 Å². The maximum atomic E-state index is 6.04. The Morgan fingerprint density at radius 2 is 1.46 bits per heavy atom. The molecule has 0 aliphatic carbocycles. The molecule has 0 radical (unpaired) electrons. The maximum absolute atomic E-state index is 6.04. The topological polar surface area (TPSA) is 62.9 Å². The predicted molar refractivity (Wildman–Crippen MR) is 94.6 cm³/mol. The predicted octanol–water partition coefficient (Wildman–Crippen LogP) is 3.01. The van der Waals surface area contributed by atoms with Crippen LogP contribution in [0.15, 0.2) is 36.4 Å². The summed E-state index contributed by atoms with van der Waals surface area (Å²) < 4.78 is 21.6. The monoisotopic (exact) mass is 331 g/mol. The highest BCUT2D eigenvalue weighted by atomic mass is 16.5. The molecule has 0 bridgehead atoms. The molecule has 0 saturated heterocycles. The minimum Gasteiger partial charge on any atom is -0.497 e. The highest BCUT2D eigenvalue weighted by Gasteiger charge is 2.21. The average molecular weight is 331 g/mol. The zero-order valence-electron chi connectivity index (χ0n) is 14.7. The van der Waals surface area contributed by atoms with E-state index in [4.69, 9.17) is 24.7 Å². The maximum Gasteiger partial charge on any atom is 0.203 e. The van der Waals surface area contributed by atoms with Gasteiger partial charge < -0.3 is 24.7 Å². The molecule has 2 aromatic rings. The Bertz CT molecular complexity index is 655. The molecule has 0 heterocycles. The van der Waals surface area contributed by atoms with Gasteiger partial charge in [0.25, 0.3) is 0 Å². The van der Waals surface area contributed by atoms with Crippen molar-refractivity contribution in [1.82, 2.24) is 0 Å². The standard InChI is InChI=1S/C19H25NO4/c1-21-15-7-5-13(6-8-15)11-14(12-20)16-9-10-17(22-2)19(24-4)18(16)23-3/h5-10,14H,11-12,20H2,1-4H3. The Balaban J connectivity index is 2.35. The fourth-order valence-corrected chi connectivity index (χ4v) is 2.81. The number of hydrogen-bond acceptors (Lipinski definition) is 5. The van der Waals surface area contributed by atoms with Crippen molar-refractivity contribution in [2.45, 2.75) is 12.3 Å². The summed E-state index contributed by atoms with van der Waals surface area (Å²) in [5.74, 6) is 2.84. The molecule has 1 atom stereocenters. The lowest BCUT2D eigenvalue weighted by molar-refractivity contribution is 0.320. The molecule has 0 spiro atoms. The van der Waals surface area contributed by atoms with E-state index < -0.39 is 0 Å².